The van der Waals surface area contributed by atoms with E-state index in [1.807, 2.05) is 6.07 Å². The quantitative estimate of drug-likeness (QED) is 0.739. The third kappa shape index (κ3) is 1.79. The fourth-order valence-corrected chi connectivity index (χ4v) is 2.08. The standard InChI is InChI=1S/C12H14O2/c13-10-5-3-4-9(8-10)11-6-1-2-7-12(11)14/h3-5,8,11,13H,1-2,6-7H2. The molecule has 1 atom stereocenters. The second kappa shape index (κ2) is 3.82. The summed E-state index contributed by atoms with van der Waals surface area (Å²) in [5, 5.41) is 9.32. The van der Waals surface area contributed by atoms with Gasteiger partial charge in [0.2, 0.25) is 0 Å². The third-order valence-electron chi connectivity index (χ3n) is 2.83. The number of rotatable bonds is 1. The van der Waals surface area contributed by atoms with Gasteiger partial charge in [-0.3, -0.25) is 4.79 Å². The Morgan fingerprint density at radius 1 is 1.29 bits per heavy atom. The number of ketones is 1. The van der Waals surface area contributed by atoms with Crippen molar-refractivity contribution in [3.8, 4) is 5.75 Å². The number of carbonyl (C=O) groups excluding carboxylic acids is 1. The summed E-state index contributed by atoms with van der Waals surface area (Å²) >= 11 is 0. The minimum atomic E-state index is 0.0239. The largest absolute Gasteiger partial charge is 0.508 e. The summed E-state index contributed by atoms with van der Waals surface area (Å²) in [4.78, 5) is 11.6. The first-order valence-corrected chi connectivity index (χ1v) is 5.09. The SMILES string of the molecule is O=C1CCCCC1c1cccc(O)c1. The summed E-state index contributed by atoms with van der Waals surface area (Å²) in [6, 6.07) is 7.06. The van der Waals surface area contributed by atoms with Crippen LogP contribution in [0, 0.1) is 0 Å². The molecule has 0 spiro atoms. The van der Waals surface area contributed by atoms with Gasteiger partial charge in [0.1, 0.15) is 11.5 Å². The number of phenols is 1. The molecule has 1 aliphatic carbocycles. The van der Waals surface area contributed by atoms with Crippen molar-refractivity contribution in [3.63, 3.8) is 0 Å². The molecule has 1 N–H and O–H groups in total. The molecule has 0 radical (unpaired) electrons. The van der Waals surface area contributed by atoms with E-state index in [-0.39, 0.29) is 11.7 Å². The molecule has 2 heteroatoms. The number of Topliss-reactive ketones (excluding diaryl/α,β-unsaturated/α-hetero) is 1. The van der Waals surface area contributed by atoms with Gasteiger partial charge in [-0.05, 0) is 30.5 Å². The number of carbonyl (C=O) groups is 1. The number of aromatic hydroxyl groups is 1. The maximum Gasteiger partial charge on any atom is 0.140 e. The first kappa shape index (κ1) is 9.25. The molecule has 1 aromatic rings. The second-order valence-electron chi connectivity index (χ2n) is 3.86. The van der Waals surface area contributed by atoms with Crippen molar-refractivity contribution in [2.45, 2.75) is 31.6 Å². The van der Waals surface area contributed by atoms with Gasteiger partial charge in [0.05, 0.1) is 0 Å². The lowest BCUT2D eigenvalue weighted by molar-refractivity contribution is -0.121. The summed E-state index contributed by atoms with van der Waals surface area (Å²) in [5.74, 6) is 0.596. The van der Waals surface area contributed by atoms with Gasteiger partial charge in [0, 0.05) is 12.3 Å². The van der Waals surface area contributed by atoms with Crippen LogP contribution in [0.2, 0.25) is 0 Å². The van der Waals surface area contributed by atoms with Crippen LogP contribution in [0.3, 0.4) is 0 Å². The highest BCUT2D eigenvalue weighted by Crippen LogP contribution is 2.31. The van der Waals surface area contributed by atoms with Crippen molar-refractivity contribution in [2.24, 2.45) is 0 Å². The van der Waals surface area contributed by atoms with Crippen molar-refractivity contribution in [2.75, 3.05) is 0 Å². The van der Waals surface area contributed by atoms with Crippen LogP contribution in [0.15, 0.2) is 24.3 Å². The average molecular weight is 190 g/mol. The Bertz CT molecular complexity index is 344. The summed E-state index contributed by atoms with van der Waals surface area (Å²) in [7, 11) is 0. The summed E-state index contributed by atoms with van der Waals surface area (Å²) in [6.45, 7) is 0. The highest BCUT2D eigenvalue weighted by atomic mass is 16.3. The molecule has 14 heavy (non-hydrogen) atoms. The van der Waals surface area contributed by atoms with Crippen LogP contribution < -0.4 is 0 Å². The van der Waals surface area contributed by atoms with Crippen LogP contribution in [0.5, 0.6) is 5.75 Å². The Morgan fingerprint density at radius 2 is 2.14 bits per heavy atom. The van der Waals surface area contributed by atoms with E-state index < -0.39 is 0 Å². The molecule has 0 aliphatic heterocycles. The molecule has 1 fully saturated rings. The van der Waals surface area contributed by atoms with Gasteiger partial charge in [-0.1, -0.05) is 18.6 Å². The Kier molecular flexibility index (Phi) is 2.53. The fraction of sp³-hybridized carbons (Fsp3) is 0.417. The van der Waals surface area contributed by atoms with Crippen molar-refractivity contribution in [3.05, 3.63) is 29.8 Å². The van der Waals surface area contributed by atoms with Crippen molar-refractivity contribution < 1.29 is 9.90 Å². The van der Waals surface area contributed by atoms with Crippen LogP contribution in [0.25, 0.3) is 0 Å². The van der Waals surface area contributed by atoms with E-state index in [0.717, 1.165) is 24.8 Å². The van der Waals surface area contributed by atoms with Crippen molar-refractivity contribution in [1.82, 2.24) is 0 Å². The first-order valence-electron chi connectivity index (χ1n) is 5.09. The number of hydrogen-bond donors (Lipinski definition) is 1. The second-order valence-corrected chi connectivity index (χ2v) is 3.86. The van der Waals surface area contributed by atoms with Gasteiger partial charge in [-0.15, -0.1) is 0 Å². The smallest absolute Gasteiger partial charge is 0.140 e. The zero-order chi connectivity index (χ0) is 9.97. The lowest BCUT2D eigenvalue weighted by Crippen LogP contribution is -2.16. The van der Waals surface area contributed by atoms with Crippen LogP contribution >= 0.6 is 0 Å². The van der Waals surface area contributed by atoms with Crippen LogP contribution in [-0.2, 0) is 4.79 Å². The van der Waals surface area contributed by atoms with Gasteiger partial charge in [-0.25, -0.2) is 0 Å². The average Bonchev–Trinajstić information content (AvgIpc) is 2.18. The number of benzene rings is 1. The van der Waals surface area contributed by atoms with E-state index in [2.05, 4.69) is 0 Å². The van der Waals surface area contributed by atoms with Gasteiger partial charge in [-0.2, -0.15) is 0 Å². The van der Waals surface area contributed by atoms with Crippen LogP contribution in [-0.4, -0.2) is 10.9 Å². The fourth-order valence-electron chi connectivity index (χ4n) is 2.08. The van der Waals surface area contributed by atoms with Gasteiger partial charge >= 0.3 is 0 Å². The van der Waals surface area contributed by atoms with Crippen LogP contribution in [0.1, 0.15) is 37.2 Å². The zero-order valence-electron chi connectivity index (χ0n) is 8.07. The Balaban J connectivity index is 2.24. The minimum absolute atomic E-state index is 0.0239. The van der Waals surface area contributed by atoms with Gasteiger partial charge < -0.3 is 5.11 Å². The molecule has 1 aliphatic rings. The third-order valence-corrected chi connectivity index (χ3v) is 2.83. The topological polar surface area (TPSA) is 37.3 Å². The molecular formula is C12H14O2. The van der Waals surface area contributed by atoms with E-state index in [4.69, 9.17) is 0 Å². The Labute approximate surface area is 83.6 Å². The monoisotopic (exact) mass is 190 g/mol. The van der Waals surface area contributed by atoms with E-state index in [1.54, 1.807) is 18.2 Å². The summed E-state index contributed by atoms with van der Waals surface area (Å²) < 4.78 is 0. The zero-order valence-corrected chi connectivity index (χ0v) is 8.07. The highest BCUT2D eigenvalue weighted by molar-refractivity contribution is 5.86. The highest BCUT2D eigenvalue weighted by Gasteiger charge is 2.23. The van der Waals surface area contributed by atoms with E-state index in [9.17, 15) is 9.90 Å². The molecule has 1 aromatic carbocycles. The normalized spacial score (nSPS) is 22.3. The van der Waals surface area contributed by atoms with Gasteiger partial charge in [0.25, 0.3) is 0 Å². The molecule has 1 saturated carbocycles. The summed E-state index contributed by atoms with van der Waals surface area (Å²) in [5.41, 5.74) is 0.967. The molecule has 0 amide bonds. The number of phenolic OH excluding ortho intramolecular Hbond substituents is 1. The molecule has 1 unspecified atom stereocenters. The van der Waals surface area contributed by atoms with Gasteiger partial charge in [0.15, 0.2) is 0 Å². The molecule has 0 aromatic heterocycles. The minimum Gasteiger partial charge on any atom is -0.508 e. The Hall–Kier alpha value is -1.31. The lowest BCUT2D eigenvalue weighted by atomic mass is 9.83. The van der Waals surface area contributed by atoms with E-state index >= 15 is 0 Å². The van der Waals surface area contributed by atoms with E-state index in [1.165, 1.54) is 0 Å². The molecule has 0 saturated heterocycles. The maximum absolute atomic E-state index is 11.6. The lowest BCUT2D eigenvalue weighted by Gasteiger charge is -2.20. The molecular weight excluding hydrogens is 176 g/mol. The molecule has 0 heterocycles. The summed E-state index contributed by atoms with van der Waals surface area (Å²) in [6.07, 6.45) is 3.77. The predicted octanol–water partition coefficient (Wildman–Crippen LogP) is 2.62. The maximum atomic E-state index is 11.6. The number of hydrogen-bond acceptors (Lipinski definition) is 2. The first-order chi connectivity index (χ1) is 6.77. The Morgan fingerprint density at radius 3 is 2.86 bits per heavy atom. The van der Waals surface area contributed by atoms with Crippen LogP contribution in [0.4, 0.5) is 0 Å². The molecule has 2 nitrogen and oxygen atoms in total. The molecule has 74 valence electrons. The predicted molar refractivity (Wildman–Crippen MR) is 54.3 cm³/mol. The van der Waals surface area contributed by atoms with Crippen molar-refractivity contribution in [1.29, 1.82) is 0 Å². The molecule has 0 bridgehead atoms. The van der Waals surface area contributed by atoms with Crippen molar-refractivity contribution >= 4 is 5.78 Å². The van der Waals surface area contributed by atoms with E-state index in [0.29, 0.717) is 12.2 Å². The molecule has 2 rings (SSSR count).